The van der Waals surface area contributed by atoms with E-state index in [9.17, 15) is 24.3 Å². The molecule has 1 unspecified atom stereocenters. The Balaban J connectivity index is 1.75. The first-order valence-electron chi connectivity index (χ1n) is 16.3. The SMILES string of the molecule is CC[C@H](C)[C@H](NC(=O)C1CCCCN1C)C(=O)N(C)[C@H](C#Cc1nc(C(=O)N[C@H](/C=C(\C)C(=O)O)Cc2ccccc2)cs1)C(C)C. The highest BCUT2D eigenvalue weighted by Gasteiger charge is 2.35. The molecule has 0 bridgehead atoms. The number of carbonyl (C=O) groups is 4. The summed E-state index contributed by atoms with van der Waals surface area (Å²) in [6.45, 7) is 10.3. The average molecular weight is 664 g/mol. The van der Waals surface area contributed by atoms with E-state index in [1.807, 2.05) is 65.1 Å². The van der Waals surface area contributed by atoms with E-state index in [-0.39, 0.29) is 41.0 Å². The largest absolute Gasteiger partial charge is 0.478 e. The van der Waals surface area contributed by atoms with Crippen LogP contribution in [-0.2, 0) is 20.8 Å². The maximum Gasteiger partial charge on any atom is 0.331 e. The summed E-state index contributed by atoms with van der Waals surface area (Å²) in [5, 5.41) is 17.4. The van der Waals surface area contributed by atoms with Crippen molar-refractivity contribution in [1.29, 1.82) is 0 Å². The minimum Gasteiger partial charge on any atom is -0.478 e. The van der Waals surface area contributed by atoms with Gasteiger partial charge in [-0.2, -0.15) is 0 Å². The summed E-state index contributed by atoms with van der Waals surface area (Å²) in [6.07, 6.45) is 5.51. The van der Waals surface area contributed by atoms with Gasteiger partial charge in [0, 0.05) is 18.0 Å². The van der Waals surface area contributed by atoms with Gasteiger partial charge in [0.15, 0.2) is 5.01 Å². The van der Waals surface area contributed by atoms with Crippen LogP contribution in [0.4, 0.5) is 0 Å². The third kappa shape index (κ3) is 10.8. The summed E-state index contributed by atoms with van der Waals surface area (Å²) in [5.41, 5.74) is 1.26. The minimum absolute atomic E-state index is 0.0139. The number of aromatic nitrogens is 1. The maximum absolute atomic E-state index is 13.9. The lowest BCUT2D eigenvalue weighted by atomic mass is 9.94. The second-order valence-corrected chi connectivity index (χ2v) is 13.6. The average Bonchev–Trinajstić information content (AvgIpc) is 3.52. The number of amides is 3. The fraction of sp³-hybridized carbons (Fsp3) is 0.528. The Kier molecular flexibility index (Phi) is 14.2. The maximum atomic E-state index is 13.9. The van der Waals surface area contributed by atoms with E-state index in [1.54, 1.807) is 17.3 Å². The number of aliphatic carboxylic acids is 1. The number of carboxylic acid groups (broad SMARTS) is 1. The second kappa shape index (κ2) is 17.8. The topological polar surface area (TPSA) is 132 Å². The van der Waals surface area contributed by atoms with Gasteiger partial charge in [0.05, 0.1) is 18.1 Å². The van der Waals surface area contributed by atoms with E-state index in [0.717, 1.165) is 37.8 Å². The minimum atomic E-state index is -1.05. The molecule has 1 aromatic heterocycles. The van der Waals surface area contributed by atoms with Crippen LogP contribution in [0.1, 0.15) is 81.4 Å². The molecule has 1 fully saturated rings. The van der Waals surface area contributed by atoms with E-state index < -0.39 is 30.0 Å². The van der Waals surface area contributed by atoms with Crippen LogP contribution in [0.2, 0.25) is 0 Å². The smallest absolute Gasteiger partial charge is 0.331 e. The number of rotatable bonds is 13. The molecule has 3 rings (SSSR count). The molecule has 11 heteroatoms. The summed E-state index contributed by atoms with van der Waals surface area (Å²) < 4.78 is 0. The Labute approximate surface area is 283 Å². The fourth-order valence-corrected chi connectivity index (χ4v) is 6.26. The highest BCUT2D eigenvalue weighted by molar-refractivity contribution is 7.10. The van der Waals surface area contributed by atoms with Gasteiger partial charge >= 0.3 is 5.97 Å². The number of nitrogens with one attached hydrogen (secondary N) is 2. The van der Waals surface area contributed by atoms with Crippen molar-refractivity contribution in [1.82, 2.24) is 25.4 Å². The van der Waals surface area contributed by atoms with Crippen molar-refractivity contribution < 1.29 is 24.3 Å². The number of benzene rings is 1. The molecule has 0 spiro atoms. The number of carboxylic acids is 1. The van der Waals surface area contributed by atoms with Crippen LogP contribution in [0.25, 0.3) is 0 Å². The van der Waals surface area contributed by atoms with E-state index in [1.165, 1.54) is 24.3 Å². The molecule has 5 atom stereocenters. The molecule has 0 radical (unpaired) electrons. The molecule has 47 heavy (non-hydrogen) atoms. The third-order valence-electron chi connectivity index (χ3n) is 8.71. The first-order valence-corrected chi connectivity index (χ1v) is 17.2. The van der Waals surface area contributed by atoms with Crippen LogP contribution >= 0.6 is 11.3 Å². The molecule has 2 heterocycles. The number of carbonyl (C=O) groups excluding carboxylic acids is 3. The molecule has 0 aliphatic carbocycles. The van der Waals surface area contributed by atoms with Gasteiger partial charge in [-0.05, 0) is 63.1 Å². The van der Waals surface area contributed by atoms with Crippen molar-refractivity contribution in [2.75, 3.05) is 20.6 Å². The molecular formula is C36H49N5O5S. The van der Waals surface area contributed by atoms with Crippen molar-refractivity contribution in [3.63, 3.8) is 0 Å². The zero-order valence-corrected chi connectivity index (χ0v) is 29.4. The van der Waals surface area contributed by atoms with Crippen LogP contribution < -0.4 is 10.6 Å². The first-order chi connectivity index (χ1) is 22.3. The Bertz CT molecular complexity index is 1480. The quantitative estimate of drug-likeness (QED) is 0.214. The van der Waals surface area contributed by atoms with E-state index in [2.05, 4.69) is 32.4 Å². The fourth-order valence-electron chi connectivity index (χ4n) is 5.61. The van der Waals surface area contributed by atoms with Crippen LogP contribution in [0.5, 0.6) is 0 Å². The summed E-state index contributed by atoms with van der Waals surface area (Å²) in [5.74, 6) is 4.38. The van der Waals surface area contributed by atoms with Crippen LogP contribution in [0.3, 0.4) is 0 Å². The molecule has 3 amide bonds. The van der Waals surface area contributed by atoms with Crippen molar-refractivity contribution in [2.24, 2.45) is 11.8 Å². The molecule has 0 saturated carbocycles. The normalized spacial score (nSPS) is 17.9. The van der Waals surface area contributed by atoms with Gasteiger partial charge < -0.3 is 20.6 Å². The number of piperidine rings is 1. The molecule has 1 aromatic carbocycles. The van der Waals surface area contributed by atoms with Crippen molar-refractivity contribution >= 4 is 35.0 Å². The Hall–Kier alpha value is -4.01. The van der Waals surface area contributed by atoms with E-state index in [0.29, 0.717) is 11.4 Å². The number of thiazole rings is 1. The third-order valence-corrected chi connectivity index (χ3v) is 9.47. The molecule has 1 aliphatic heterocycles. The van der Waals surface area contributed by atoms with Gasteiger partial charge in [-0.25, -0.2) is 9.78 Å². The van der Waals surface area contributed by atoms with Crippen molar-refractivity contribution in [3.05, 3.63) is 63.6 Å². The summed E-state index contributed by atoms with van der Waals surface area (Å²) >= 11 is 1.22. The van der Waals surface area contributed by atoms with Gasteiger partial charge in [0.2, 0.25) is 11.8 Å². The predicted octanol–water partition coefficient (Wildman–Crippen LogP) is 4.36. The van der Waals surface area contributed by atoms with Gasteiger partial charge in [-0.3, -0.25) is 19.3 Å². The van der Waals surface area contributed by atoms with Crippen LogP contribution in [-0.4, -0.2) is 88.4 Å². The first kappa shape index (κ1) is 37.4. The lowest BCUT2D eigenvalue weighted by Gasteiger charge is -2.36. The van der Waals surface area contributed by atoms with Crippen molar-refractivity contribution in [2.45, 2.75) is 90.9 Å². The number of likely N-dealkylation sites (tertiary alicyclic amines) is 1. The summed E-state index contributed by atoms with van der Waals surface area (Å²) in [6, 6.07) is 7.58. The molecule has 1 aliphatic rings. The van der Waals surface area contributed by atoms with Gasteiger partial charge in [-0.15, -0.1) is 11.3 Å². The van der Waals surface area contributed by atoms with E-state index in [4.69, 9.17) is 0 Å². The Morgan fingerprint density at radius 1 is 1.15 bits per heavy atom. The second-order valence-electron chi connectivity index (χ2n) is 12.7. The lowest BCUT2D eigenvalue weighted by molar-refractivity contribution is -0.139. The zero-order chi connectivity index (χ0) is 34.7. The van der Waals surface area contributed by atoms with Crippen LogP contribution in [0, 0.1) is 23.7 Å². The van der Waals surface area contributed by atoms with Crippen molar-refractivity contribution in [3.8, 4) is 11.8 Å². The number of hydrogen-bond acceptors (Lipinski definition) is 7. The molecule has 1 saturated heterocycles. The molecule has 254 valence electrons. The van der Waals surface area contributed by atoms with Gasteiger partial charge in [0.25, 0.3) is 5.91 Å². The summed E-state index contributed by atoms with van der Waals surface area (Å²) in [4.78, 5) is 59.9. The van der Waals surface area contributed by atoms with E-state index >= 15 is 0 Å². The monoisotopic (exact) mass is 663 g/mol. The molecule has 10 nitrogen and oxygen atoms in total. The highest BCUT2D eigenvalue weighted by atomic mass is 32.1. The number of hydrogen-bond donors (Lipinski definition) is 3. The highest BCUT2D eigenvalue weighted by Crippen LogP contribution is 2.19. The standard InChI is InChI=1S/C36H49N5O5S/c1-8-24(4)32(39-34(43)30-16-12-13-19-40(30)6)35(44)41(7)29(23(2)3)17-18-31-38-28(22-47-31)33(42)37-27(20-25(5)36(45)46)21-26-14-10-9-11-15-26/h9-11,14-15,20,22-24,27,29-30,32H,8,12-13,16,19,21H2,1-7H3,(H,37,42)(H,39,43)(H,45,46)/b25-20+/t24-,27+,29+,30?,32-/m0/s1. The Morgan fingerprint density at radius 2 is 1.85 bits per heavy atom. The zero-order valence-electron chi connectivity index (χ0n) is 28.6. The predicted molar refractivity (Wildman–Crippen MR) is 185 cm³/mol. The Morgan fingerprint density at radius 3 is 2.47 bits per heavy atom. The van der Waals surface area contributed by atoms with Gasteiger partial charge in [-0.1, -0.05) is 82.9 Å². The molecule has 2 aromatic rings. The lowest BCUT2D eigenvalue weighted by Crippen LogP contribution is -2.57. The number of nitrogens with zero attached hydrogens (tertiary/aromatic N) is 3. The number of likely N-dealkylation sites (N-methyl/N-ethyl adjacent to an activating group) is 2. The molecular weight excluding hydrogens is 614 g/mol. The molecule has 3 N–H and O–H groups in total. The van der Waals surface area contributed by atoms with Crippen LogP contribution in [0.15, 0.2) is 47.4 Å². The summed E-state index contributed by atoms with van der Waals surface area (Å²) in [7, 11) is 3.67. The van der Waals surface area contributed by atoms with Gasteiger partial charge in [0.1, 0.15) is 11.7 Å².